The number of carbonyl (C=O) groups is 2. The first-order chi connectivity index (χ1) is 27.3. The molecule has 6 nitrogen and oxygen atoms in total. The minimum absolute atomic E-state index is 0. The van der Waals surface area contributed by atoms with Gasteiger partial charge in [-0.05, 0) is 64.7 Å². The molecule has 0 saturated heterocycles. The summed E-state index contributed by atoms with van der Waals surface area (Å²) in [5.74, 6) is -1.72. The summed E-state index contributed by atoms with van der Waals surface area (Å²) in [7, 11) is 0. The van der Waals surface area contributed by atoms with Crippen LogP contribution in [0.25, 0.3) is 0 Å². The first-order valence-electron chi connectivity index (χ1n) is 25.2. The van der Waals surface area contributed by atoms with Crippen molar-refractivity contribution in [3.63, 3.8) is 0 Å². The van der Waals surface area contributed by atoms with E-state index in [1.807, 2.05) is 0 Å². The topological polar surface area (TPSA) is 86.7 Å². The van der Waals surface area contributed by atoms with Crippen molar-refractivity contribution in [2.75, 3.05) is 26.2 Å². The Kier molecular flexibility index (Phi) is 54.4. The Bertz CT molecular complexity index is 700. The molecule has 2 atom stereocenters. The Labute approximate surface area is 387 Å². The molecule has 0 fully saturated rings. The van der Waals surface area contributed by atoms with Gasteiger partial charge in [0.25, 0.3) is 0 Å². The molecule has 0 bridgehead atoms. The molecule has 0 amide bonds. The zero-order valence-corrected chi connectivity index (χ0v) is 41.9. The molecule has 0 N–H and O–H groups in total. The fraction of sp³-hybridized carbons (Fsp3) is 0.960. The zero-order valence-electron chi connectivity index (χ0n) is 39.7. The van der Waals surface area contributed by atoms with E-state index in [4.69, 9.17) is 0 Å². The second-order valence-corrected chi connectivity index (χ2v) is 17.2. The van der Waals surface area contributed by atoms with Gasteiger partial charge in [0.1, 0.15) is 0 Å². The van der Waals surface area contributed by atoms with Gasteiger partial charge >= 0.3 is 37.7 Å². The van der Waals surface area contributed by atoms with Gasteiger partial charge in [-0.25, -0.2) is 0 Å². The van der Waals surface area contributed by atoms with E-state index in [-0.39, 0.29) is 49.8 Å². The first-order valence-corrected chi connectivity index (χ1v) is 25.2. The zero-order chi connectivity index (χ0) is 41.7. The Balaban J connectivity index is -0.00000101. The Hall–Kier alpha value is 0.120. The van der Waals surface area contributed by atoms with Crippen molar-refractivity contribution in [2.45, 2.75) is 285 Å². The molecule has 0 rings (SSSR count). The van der Waals surface area contributed by atoms with Gasteiger partial charge in [-0.15, -0.1) is 0 Å². The van der Waals surface area contributed by atoms with Crippen molar-refractivity contribution in [2.24, 2.45) is 0 Å². The number of nitrogens with zero attached hydrogens (tertiary/aromatic N) is 2. The molecular weight excluding hydrogens is 733 g/mol. The summed E-state index contributed by atoms with van der Waals surface area (Å²) in [6.07, 6.45) is 43.8. The number of rotatable bonds is 44. The monoisotopic (exact) mass is 833 g/mol. The van der Waals surface area contributed by atoms with Crippen LogP contribution in [-0.4, -0.2) is 97.7 Å². The van der Waals surface area contributed by atoms with Gasteiger partial charge in [-0.1, -0.05) is 234 Å². The largest absolute Gasteiger partial charge is 2.00 e. The van der Waals surface area contributed by atoms with Gasteiger partial charge in [0.2, 0.25) is 0 Å². The normalized spacial score (nSPS) is 12.4. The summed E-state index contributed by atoms with van der Waals surface area (Å²) in [6.45, 7) is 17.0. The van der Waals surface area contributed by atoms with Gasteiger partial charge in [0, 0.05) is 12.1 Å². The van der Waals surface area contributed by atoms with Crippen LogP contribution < -0.4 is 10.2 Å². The van der Waals surface area contributed by atoms with Crippen molar-refractivity contribution < 1.29 is 19.8 Å². The molecule has 7 heteroatoms. The molecule has 0 spiro atoms. The molecule has 0 aliphatic rings. The van der Waals surface area contributed by atoms with E-state index < -0.39 is 11.9 Å². The Morgan fingerprint density at radius 2 is 0.491 bits per heavy atom. The van der Waals surface area contributed by atoms with Gasteiger partial charge in [-0.2, -0.15) is 0 Å². The van der Waals surface area contributed by atoms with E-state index in [0.717, 1.165) is 103 Å². The van der Waals surface area contributed by atoms with Crippen molar-refractivity contribution in [1.29, 1.82) is 0 Å². The third-order valence-electron chi connectivity index (χ3n) is 11.8. The Morgan fingerprint density at radius 3 is 0.684 bits per heavy atom. The molecule has 0 aromatic heterocycles. The van der Waals surface area contributed by atoms with Crippen LogP contribution in [0.5, 0.6) is 0 Å². The number of hydrogen-bond donors (Lipinski definition) is 0. The number of carboxylic acid groups (broad SMARTS) is 2. The van der Waals surface area contributed by atoms with Crippen LogP contribution in [0.1, 0.15) is 273 Å². The molecule has 0 radical (unpaired) electrons. The van der Waals surface area contributed by atoms with E-state index in [1.165, 1.54) is 154 Å². The molecule has 0 aromatic rings. The van der Waals surface area contributed by atoms with Crippen molar-refractivity contribution >= 4 is 49.7 Å². The van der Waals surface area contributed by atoms with Crippen molar-refractivity contribution in [1.82, 2.24) is 9.80 Å². The van der Waals surface area contributed by atoms with E-state index in [2.05, 4.69) is 51.3 Å². The molecule has 2 unspecified atom stereocenters. The smallest absolute Gasteiger partial charge is 0.548 e. The van der Waals surface area contributed by atoms with Crippen LogP contribution in [0.2, 0.25) is 0 Å². The SMILES string of the molecule is CCCCCCCCCN(CCCCCCCCC)C(CCCCC)C(=O)[O-].CCCCCCCCCN(CCCCCCCCC)C(CCCCC)C(=O)[O-].[Ca+2]. The molecule has 0 heterocycles. The molecule has 0 aromatic carbocycles. The molecule has 336 valence electrons. The van der Waals surface area contributed by atoms with E-state index in [9.17, 15) is 19.8 Å². The number of unbranched alkanes of at least 4 members (excludes halogenated alkanes) is 28. The van der Waals surface area contributed by atoms with Crippen LogP contribution in [0, 0.1) is 0 Å². The minimum Gasteiger partial charge on any atom is -0.548 e. The number of carbonyl (C=O) groups excluding carboxylic acids is 2. The maximum Gasteiger partial charge on any atom is 2.00 e. The predicted molar refractivity (Wildman–Crippen MR) is 247 cm³/mol. The molecule has 0 saturated carbocycles. The van der Waals surface area contributed by atoms with Crippen molar-refractivity contribution in [3.8, 4) is 0 Å². The van der Waals surface area contributed by atoms with Crippen LogP contribution in [0.4, 0.5) is 0 Å². The number of carboxylic acids is 2. The molecule has 57 heavy (non-hydrogen) atoms. The molecule has 0 aliphatic heterocycles. The van der Waals surface area contributed by atoms with Gasteiger partial charge in [0.15, 0.2) is 0 Å². The summed E-state index contributed by atoms with van der Waals surface area (Å²) >= 11 is 0. The average Bonchev–Trinajstić information content (AvgIpc) is 3.18. The molecule has 0 aliphatic carbocycles. The van der Waals surface area contributed by atoms with E-state index in [1.54, 1.807) is 0 Å². The summed E-state index contributed by atoms with van der Waals surface area (Å²) in [5, 5.41) is 23.6. The molecular formula is C50H100CaN2O4. The van der Waals surface area contributed by atoms with Gasteiger partial charge in [0.05, 0.1) is 11.9 Å². The summed E-state index contributed by atoms with van der Waals surface area (Å²) in [4.78, 5) is 28.1. The Morgan fingerprint density at radius 1 is 0.316 bits per heavy atom. The van der Waals surface area contributed by atoms with Crippen LogP contribution >= 0.6 is 0 Å². The predicted octanol–water partition coefficient (Wildman–Crippen LogP) is 12.6. The van der Waals surface area contributed by atoms with Gasteiger partial charge in [-0.3, -0.25) is 9.80 Å². The van der Waals surface area contributed by atoms with Crippen LogP contribution in [-0.2, 0) is 9.59 Å². The second kappa shape index (κ2) is 50.5. The number of hydrogen-bond acceptors (Lipinski definition) is 6. The van der Waals surface area contributed by atoms with E-state index >= 15 is 0 Å². The summed E-state index contributed by atoms with van der Waals surface area (Å²) in [6, 6.07) is -0.765. The maximum absolute atomic E-state index is 11.8. The number of aliphatic carboxylic acids is 2. The summed E-state index contributed by atoms with van der Waals surface area (Å²) in [5.41, 5.74) is 0. The first kappa shape index (κ1) is 61.4. The quantitative estimate of drug-likeness (QED) is 0.0449. The standard InChI is InChI=1S/2C25H51NO2.Ca/c2*1-4-7-10-12-14-16-19-22-26(23-20-17-15-13-11-8-5-2)24(25(27)28)21-18-9-6-3;/h2*24H,4-23H2,1-3H3,(H,27,28);/q;;+2/p-2. The van der Waals surface area contributed by atoms with Gasteiger partial charge < -0.3 is 19.8 Å². The fourth-order valence-corrected chi connectivity index (χ4v) is 8.01. The fourth-order valence-electron chi connectivity index (χ4n) is 8.01. The maximum atomic E-state index is 11.8. The minimum atomic E-state index is -0.859. The second-order valence-electron chi connectivity index (χ2n) is 17.2. The van der Waals surface area contributed by atoms with Crippen molar-refractivity contribution in [3.05, 3.63) is 0 Å². The average molecular weight is 833 g/mol. The third kappa shape index (κ3) is 42.6. The van der Waals surface area contributed by atoms with E-state index in [0.29, 0.717) is 0 Å². The van der Waals surface area contributed by atoms with Crippen LogP contribution in [0.3, 0.4) is 0 Å². The third-order valence-corrected chi connectivity index (χ3v) is 11.8. The summed E-state index contributed by atoms with van der Waals surface area (Å²) < 4.78 is 0. The van der Waals surface area contributed by atoms with Crippen LogP contribution in [0.15, 0.2) is 0 Å².